The Balaban J connectivity index is 0.00000600. The summed E-state index contributed by atoms with van der Waals surface area (Å²) in [4.78, 5) is 25.5. The summed E-state index contributed by atoms with van der Waals surface area (Å²) in [5, 5.41) is 2.47. The van der Waals surface area contributed by atoms with Gasteiger partial charge in [0, 0.05) is 8.95 Å². The number of hydrazone groups is 2. The first-order chi connectivity index (χ1) is 21.0. The summed E-state index contributed by atoms with van der Waals surface area (Å²) in [7, 11) is -20.8. The number of anilines is 2. The Morgan fingerprint density at radius 2 is 0.960 bits per heavy atom. The summed E-state index contributed by atoms with van der Waals surface area (Å²) in [6.07, 6.45) is -1.95. The van der Waals surface area contributed by atoms with Crippen LogP contribution in [0.4, 0.5) is 11.4 Å². The van der Waals surface area contributed by atoms with Gasteiger partial charge in [-0.2, -0.15) is 27.0 Å². The van der Waals surface area contributed by atoms with Gasteiger partial charge >= 0.3 is 118 Å². The predicted molar refractivity (Wildman–Crippen MR) is 163 cm³/mol. The zero-order valence-corrected chi connectivity index (χ0v) is 40.5. The molecule has 248 valence electrons. The molecule has 2 atom stereocenters. The molecule has 0 saturated carbocycles. The first kappa shape index (κ1) is 51.1. The van der Waals surface area contributed by atoms with Crippen molar-refractivity contribution in [2.75, 3.05) is 10.9 Å². The van der Waals surface area contributed by atoms with E-state index in [0.29, 0.717) is 0 Å². The topological polar surface area (TPSA) is 306 Å². The maximum absolute atomic E-state index is 13.5. The quantitative estimate of drug-likeness (QED) is 0.0827. The summed E-state index contributed by atoms with van der Waals surface area (Å²) in [5.74, 6) is -3.05. The van der Waals surface area contributed by atoms with E-state index in [1.807, 2.05) is 0 Å². The Kier molecular flexibility index (Phi) is 19.7. The average molecular weight is 940 g/mol. The van der Waals surface area contributed by atoms with E-state index < -0.39 is 119 Å². The molecular formula is C22H16Br2N4Na4O14S4+2. The Hall–Kier alpha value is 1.06. The van der Waals surface area contributed by atoms with Gasteiger partial charge in [0.25, 0.3) is 20.2 Å². The van der Waals surface area contributed by atoms with Crippen molar-refractivity contribution >= 4 is 107 Å². The molecule has 50 heavy (non-hydrogen) atoms. The first-order valence-electron chi connectivity index (χ1n) is 11.9. The largest absolute Gasteiger partial charge is 1.00 e. The van der Waals surface area contributed by atoms with Crippen LogP contribution in [0.5, 0.6) is 0 Å². The molecule has 28 heteroatoms. The molecule has 0 amide bonds. The van der Waals surface area contributed by atoms with Crippen LogP contribution < -0.4 is 129 Å². The van der Waals surface area contributed by atoms with Crippen molar-refractivity contribution in [1.29, 1.82) is 0 Å². The SMILES string of the molecule is O=C1C(=NNc2ccc(Br)cc2S(=O)(=O)O)C(S(=O)(=O)[O-])CC2=C1C(=O)C(=NNc1ccc(Br)cc1S(=O)(=O)O)C(S(=O)(=O)[O-])C2.[Na+].[Na+].[Na+].[Na+]. The molecule has 0 bridgehead atoms. The number of hydrogen-bond acceptors (Lipinski definition) is 16. The number of ketones is 2. The fourth-order valence-electron chi connectivity index (χ4n) is 4.47. The molecule has 2 aliphatic rings. The van der Waals surface area contributed by atoms with Crippen LogP contribution in [0.1, 0.15) is 12.8 Å². The van der Waals surface area contributed by atoms with Crippen LogP contribution in [0.3, 0.4) is 0 Å². The molecule has 2 aliphatic carbocycles. The second kappa shape index (κ2) is 19.3. The zero-order valence-electron chi connectivity index (χ0n) is 26.1. The van der Waals surface area contributed by atoms with Gasteiger partial charge in [-0.3, -0.25) is 29.5 Å². The minimum atomic E-state index is -5.48. The number of carbonyl (C=O) groups excluding carboxylic acids is 2. The molecule has 18 nitrogen and oxygen atoms in total. The van der Waals surface area contributed by atoms with Crippen LogP contribution in [0.15, 0.2) is 76.5 Å². The van der Waals surface area contributed by atoms with Gasteiger partial charge in [-0.1, -0.05) is 37.4 Å². The van der Waals surface area contributed by atoms with Crippen molar-refractivity contribution in [2.24, 2.45) is 10.2 Å². The first-order valence-corrected chi connectivity index (χ1v) is 19.3. The normalized spacial score (nSPS) is 19.7. The van der Waals surface area contributed by atoms with E-state index in [9.17, 15) is 61.5 Å². The van der Waals surface area contributed by atoms with Gasteiger partial charge in [0.2, 0.25) is 11.6 Å². The van der Waals surface area contributed by atoms with Crippen LogP contribution in [0.25, 0.3) is 0 Å². The Morgan fingerprint density at radius 3 is 1.24 bits per heavy atom. The molecule has 4 rings (SSSR count). The molecule has 0 heterocycles. The molecule has 0 saturated heterocycles. The molecule has 4 N–H and O–H groups in total. The number of carbonyl (C=O) groups is 2. The Bertz CT molecular complexity index is 2100. The second-order valence-corrected chi connectivity index (χ2v) is 17.2. The molecule has 2 aromatic rings. The number of nitrogens with one attached hydrogen (secondary N) is 2. The molecule has 0 radical (unpaired) electrons. The van der Waals surface area contributed by atoms with Gasteiger partial charge in [-0.25, -0.2) is 16.8 Å². The monoisotopic (exact) mass is 938 g/mol. The van der Waals surface area contributed by atoms with Gasteiger partial charge in [0.1, 0.15) is 52.0 Å². The van der Waals surface area contributed by atoms with E-state index in [1.54, 1.807) is 0 Å². The van der Waals surface area contributed by atoms with Crippen molar-refractivity contribution < 1.29 is 180 Å². The molecular weight excluding hydrogens is 924 g/mol. The molecule has 0 aliphatic heterocycles. The standard InChI is InChI=1S/C22H18Br2N4O14S4.4Na/c23-10-1-3-12(14(7-10)43(31,32)33)25-27-19-16(45(37,38)39)5-9-6-17(46(40,41)42)20(22(30)18(9)21(19)29)28-26-13-4-2-11(24)8-15(13)44(34,35)36;;;;/h1-4,7-8,16-17,25-26H,5-6H2,(H,31,32,33)(H,34,35,36)(H,37,38,39)(H,40,41,42);;;;/q;4*+1/p-2. The number of hydrogen-bond donors (Lipinski definition) is 4. The third kappa shape index (κ3) is 12.0. The average Bonchev–Trinajstić information content (AvgIpc) is 2.90. The molecule has 2 aromatic carbocycles. The minimum absolute atomic E-state index is 0. The number of halogens is 2. The third-order valence-corrected chi connectivity index (χ3v) is 11.4. The second-order valence-electron chi connectivity index (χ2n) is 9.46. The number of benzene rings is 2. The van der Waals surface area contributed by atoms with Crippen LogP contribution in [0.2, 0.25) is 0 Å². The minimum Gasteiger partial charge on any atom is -0.747 e. The molecule has 0 fully saturated rings. The fourth-order valence-corrected chi connectivity index (χ4v) is 8.51. The predicted octanol–water partition coefficient (Wildman–Crippen LogP) is -11.0. The van der Waals surface area contributed by atoms with E-state index in [-0.39, 0.29) is 127 Å². The summed E-state index contributed by atoms with van der Waals surface area (Å²) in [6.45, 7) is 0. The van der Waals surface area contributed by atoms with E-state index in [1.165, 1.54) is 12.1 Å². The molecule has 2 unspecified atom stereocenters. The number of nitrogens with zero attached hydrogens (tertiary/aromatic N) is 2. The van der Waals surface area contributed by atoms with Crippen molar-refractivity contribution in [3.8, 4) is 0 Å². The van der Waals surface area contributed by atoms with E-state index in [2.05, 4.69) is 52.9 Å². The van der Waals surface area contributed by atoms with Crippen LogP contribution in [-0.4, -0.2) is 85.4 Å². The van der Waals surface area contributed by atoms with Gasteiger partial charge in [-0.05, 0) is 49.2 Å². The molecule has 0 aromatic heterocycles. The van der Waals surface area contributed by atoms with Crippen LogP contribution >= 0.6 is 31.9 Å². The number of rotatable bonds is 8. The van der Waals surface area contributed by atoms with Gasteiger partial charge in [0.05, 0.1) is 16.9 Å². The van der Waals surface area contributed by atoms with Crippen molar-refractivity contribution in [3.63, 3.8) is 0 Å². The molecule has 0 spiro atoms. The van der Waals surface area contributed by atoms with Crippen molar-refractivity contribution in [1.82, 2.24) is 0 Å². The van der Waals surface area contributed by atoms with Gasteiger partial charge < -0.3 is 9.11 Å². The van der Waals surface area contributed by atoms with Gasteiger partial charge in [-0.15, -0.1) is 0 Å². The third-order valence-electron chi connectivity index (χ3n) is 6.48. The van der Waals surface area contributed by atoms with E-state index >= 15 is 0 Å². The van der Waals surface area contributed by atoms with Crippen molar-refractivity contribution in [2.45, 2.75) is 33.1 Å². The summed E-state index contributed by atoms with van der Waals surface area (Å²) >= 11 is 5.98. The van der Waals surface area contributed by atoms with Crippen LogP contribution in [-0.2, 0) is 50.1 Å². The van der Waals surface area contributed by atoms with E-state index in [4.69, 9.17) is 0 Å². The van der Waals surface area contributed by atoms with E-state index in [0.717, 1.165) is 24.3 Å². The maximum Gasteiger partial charge on any atom is 1.00 e. The summed E-state index contributed by atoms with van der Waals surface area (Å²) in [6, 6.07) is 6.48. The number of Topliss-reactive ketones (excluding diaryl/α,β-unsaturated/α-hetero) is 2. The number of allylic oxidation sites excluding steroid dienone is 2. The van der Waals surface area contributed by atoms with Crippen LogP contribution in [0, 0.1) is 0 Å². The fraction of sp³-hybridized carbons (Fsp3) is 0.182. The Morgan fingerprint density at radius 1 is 0.640 bits per heavy atom. The Labute approximate surface area is 390 Å². The maximum atomic E-state index is 13.5. The zero-order chi connectivity index (χ0) is 34.6. The summed E-state index contributed by atoms with van der Waals surface area (Å²) in [5.41, 5.74) is -0.491. The van der Waals surface area contributed by atoms with Crippen molar-refractivity contribution in [3.05, 3.63) is 56.5 Å². The summed E-state index contributed by atoms with van der Waals surface area (Å²) < 4.78 is 140. The van der Waals surface area contributed by atoms with Gasteiger partial charge in [0.15, 0.2) is 0 Å². The smallest absolute Gasteiger partial charge is 0.747 e.